The number of anilines is 3. The van der Waals surface area contributed by atoms with Gasteiger partial charge in [-0.15, -0.1) is 6.42 Å². The van der Waals surface area contributed by atoms with Crippen molar-refractivity contribution < 1.29 is 19.1 Å². The average Bonchev–Trinajstić information content (AvgIpc) is 3.37. The number of ether oxygens (including phenoxy) is 2. The average molecular weight is 513 g/mol. The highest BCUT2D eigenvalue weighted by molar-refractivity contribution is 6.03. The van der Waals surface area contributed by atoms with Gasteiger partial charge in [0.15, 0.2) is 0 Å². The molecule has 38 heavy (non-hydrogen) atoms. The minimum Gasteiger partial charge on any atom is -0.462 e. The highest BCUT2D eigenvalue weighted by atomic mass is 16.5. The van der Waals surface area contributed by atoms with Crippen molar-refractivity contribution in [3.8, 4) is 12.3 Å². The molecule has 0 saturated carbocycles. The number of esters is 1. The van der Waals surface area contributed by atoms with Crippen molar-refractivity contribution in [2.75, 3.05) is 56.2 Å². The Bertz CT molecular complexity index is 1410. The van der Waals surface area contributed by atoms with Crippen LogP contribution < -0.4 is 10.2 Å². The molecule has 0 atom stereocenters. The number of hydrogen-bond acceptors (Lipinski definition) is 9. The molecule has 1 saturated heterocycles. The molecule has 1 fully saturated rings. The van der Waals surface area contributed by atoms with E-state index in [0.717, 1.165) is 81.0 Å². The van der Waals surface area contributed by atoms with Crippen molar-refractivity contribution in [1.29, 1.82) is 0 Å². The minimum atomic E-state index is -0.566. The van der Waals surface area contributed by atoms with Crippen LogP contribution in [-0.4, -0.2) is 77.7 Å². The van der Waals surface area contributed by atoms with E-state index in [1.807, 2.05) is 18.2 Å². The van der Waals surface area contributed by atoms with Gasteiger partial charge in [0.05, 0.1) is 31.5 Å². The number of nitrogens with zero attached hydrogens (tertiary/aromatic N) is 5. The molecular weight excluding hydrogens is 484 g/mol. The van der Waals surface area contributed by atoms with Gasteiger partial charge >= 0.3 is 5.97 Å². The predicted molar refractivity (Wildman–Crippen MR) is 143 cm³/mol. The molecular formula is C28H28N6O4. The van der Waals surface area contributed by atoms with Crippen LogP contribution in [0.15, 0.2) is 48.9 Å². The number of rotatable bonds is 8. The Morgan fingerprint density at radius 1 is 1.13 bits per heavy atom. The molecule has 2 aliphatic heterocycles. The van der Waals surface area contributed by atoms with Gasteiger partial charge in [-0.2, -0.15) is 0 Å². The summed E-state index contributed by atoms with van der Waals surface area (Å²) in [7, 11) is 0. The smallest absolute Gasteiger partial charge is 0.330 e. The molecule has 0 radical (unpaired) electrons. The van der Waals surface area contributed by atoms with Gasteiger partial charge in [-0.25, -0.2) is 19.7 Å². The first-order valence-electron chi connectivity index (χ1n) is 12.5. The van der Waals surface area contributed by atoms with Crippen LogP contribution in [0.3, 0.4) is 0 Å². The van der Waals surface area contributed by atoms with Crippen LogP contribution in [0.4, 0.5) is 17.3 Å². The standard InChI is InChI=1S/C28H28N6O4/c1-2-20-4-5-21-8-10-34(24(21)16-20)28-22-17-25(29-18-23(22)30-19-31-28)32-26(35)6-7-27(36)38-13-3-9-33-11-14-37-15-12-33/h1,4-7,16-19H,3,8-15H2,(H,29,32,35). The molecule has 3 aromatic rings. The first-order chi connectivity index (χ1) is 18.6. The summed E-state index contributed by atoms with van der Waals surface area (Å²) in [5.41, 5.74) is 3.64. The van der Waals surface area contributed by atoms with Gasteiger partial charge in [-0.1, -0.05) is 12.0 Å². The summed E-state index contributed by atoms with van der Waals surface area (Å²) in [6, 6.07) is 7.69. The first-order valence-corrected chi connectivity index (χ1v) is 12.5. The number of benzene rings is 1. The lowest BCUT2D eigenvalue weighted by Gasteiger charge is -2.26. The third-order valence-corrected chi connectivity index (χ3v) is 6.49. The molecule has 10 nitrogen and oxygen atoms in total. The summed E-state index contributed by atoms with van der Waals surface area (Å²) in [6.07, 6.45) is 12.5. The quantitative estimate of drug-likeness (QED) is 0.211. The Morgan fingerprint density at radius 3 is 2.84 bits per heavy atom. The Kier molecular flexibility index (Phi) is 7.87. The van der Waals surface area contributed by atoms with Crippen LogP contribution in [0.25, 0.3) is 10.9 Å². The molecule has 4 heterocycles. The van der Waals surface area contributed by atoms with Crippen LogP contribution in [-0.2, 0) is 25.5 Å². The second kappa shape index (κ2) is 11.8. The van der Waals surface area contributed by atoms with E-state index < -0.39 is 11.9 Å². The molecule has 1 N–H and O–H groups in total. The van der Waals surface area contributed by atoms with Crippen LogP contribution in [0, 0.1) is 12.3 Å². The molecule has 0 unspecified atom stereocenters. The molecule has 1 amide bonds. The van der Waals surface area contributed by atoms with Gasteiger partial charge in [-0.3, -0.25) is 9.69 Å². The number of fused-ring (bicyclic) bond motifs is 2. The zero-order valence-corrected chi connectivity index (χ0v) is 20.9. The second-order valence-electron chi connectivity index (χ2n) is 8.97. The number of aromatic nitrogens is 3. The van der Waals surface area contributed by atoms with Gasteiger partial charge in [0.25, 0.3) is 0 Å². The predicted octanol–water partition coefficient (Wildman–Crippen LogP) is 2.46. The molecule has 194 valence electrons. The van der Waals surface area contributed by atoms with Crippen LogP contribution in [0.1, 0.15) is 17.5 Å². The Hall–Kier alpha value is -4.33. The van der Waals surface area contributed by atoms with Crippen LogP contribution in [0.2, 0.25) is 0 Å². The van der Waals surface area contributed by atoms with E-state index >= 15 is 0 Å². The molecule has 2 aromatic heterocycles. The summed E-state index contributed by atoms with van der Waals surface area (Å²) in [5.74, 6) is 2.64. The van der Waals surface area contributed by atoms with E-state index in [2.05, 4.69) is 36.0 Å². The summed E-state index contributed by atoms with van der Waals surface area (Å²) in [5, 5.41) is 3.43. The fraction of sp³-hybridized carbons (Fsp3) is 0.321. The Morgan fingerprint density at radius 2 is 2.00 bits per heavy atom. The zero-order chi connectivity index (χ0) is 26.3. The number of hydrogen-bond donors (Lipinski definition) is 1. The molecule has 2 aliphatic rings. The number of nitrogens with one attached hydrogen (secondary N) is 1. The molecule has 5 rings (SSSR count). The summed E-state index contributed by atoms with van der Waals surface area (Å²) in [6.45, 7) is 5.13. The minimum absolute atomic E-state index is 0.291. The van der Waals surface area contributed by atoms with Crippen molar-refractivity contribution >= 4 is 40.1 Å². The summed E-state index contributed by atoms with van der Waals surface area (Å²) >= 11 is 0. The third kappa shape index (κ3) is 5.96. The van der Waals surface area contributed by atoms with E-state index in [1.54, 1.807) is 12.3 Å². The number of morpholine rings is 1. The van der Waals surface area contributed by atoms with Gasteiger partial charge in [-0.05, 0) is 36.6 Å². The molecule has 0 spiro atoms. The Labute approximate surface area is 220 Å². The number of pyridine rings is 1. The topological polar surface area (TPSA) is 110 Å². The van der Waals surface area contributed by atoms with Gasteiger partial charge in [0.1, 0.15) is 18.0 Å². The molecule has 1 aromatic carbocycles. The van der Waals surface area contributed by atoms with E-state index in [1.165, 1.54) is 11.9 Å². The monoisotopic (exact) mass is 512 g/mol. The maximum Gasteiger partial charge on any atom is 0.330 e. The lowest BCUT2D eigenvalue weighted by Crippen LogP contribution is -2.37. The van der Waals surface area contributed by atoms with E-state index in [-0.39, 0.29) is 0 Å². The number of carbonyl (C=O) groups is 2. The second-order valence-corrected chi connectivity index (χ2v) is 8.97. The summed E-state index contributed by atoms with van der Waals surface area (Å²) < 4.78 is 10.5. The van der Waals surface area contributed by atoms with Crippen molar-refractivity contribution in [2.45, 2.75) is 12.8 Å². The first kappa shape index (κ1) is 25.3. The van der Waals surface area contributed by atoms with E-state index in [9.17, 15) is 9.59 Å². The fourth-order valence-electron chi connectivity index (χ4n) is 4.56. The van der Waals surface area contributed by atoms with Crippen molar-refractivity contribution in [1.82, 2.24) is 19.9 Å². The molecule has 0 aliphatic carbocycles. The molecule has 0 bridgehead atoms. The lowest BCUT2D eigenvalue weighted by molar-refractivity contribution is -0.138. The maximum absolute atomic E-state index is 12.4. The van der Waals surface area contributed by atoms with Gasteiger partial charge < -0.3 is 19.7 Å². The number of amides is 1. The highest BCUT2D eigenvalue weighted by Crippen LogP contribution is 2.37. The van der Waals surface area contributed by atoms with Gasteiger partial charge in [0, 0.05) is 55.0 Å². The van der Waals surface area contributed by atoms with E-state index in [0.29, 0.717) is 23.8 Å². The van der Waals surface area contributed by atoms with Crippen LogP contribution in [0.5, 0.6) is 0 Å². The largest absolute Gasteiger partial charge is 0.462 e. The SMILES string of the molecule is C#Cc1ccc2c(c1)N(c1ncnc3cnc(NC(=O)C=CC(=O)OCCCN4CCOCC4)cc13)CC2. The summed E-state index contributed by atoms with van der Waals surface area (Å²) in [4.78, 5) is 41.9. The van der Waals surface area contributed by atoms with Gasteiger partial charge in [0.2, 0.25) is 5.91 Å². The normalized spacial score (nSPS) is 15.4. The molecule has 10 heteroatoms. The third-order valence-electron chi connectivity index (χ3n) is 6.49. The number of carbonyl (C=O) groups excluding carboxylic acids is 2. The highest BCUT2D eigenvalue weighted by Gasteiger charge is 2.24. The van der Waals surface area contributed by atoms with E-state index in [4.69, 9.17) is 15.9 Å². The van der Waals surface area contributed by atoms with Crippen molar-refractivity contribution in [3.63, 3.8) is 0 Å². The Balaban J connectivity index is 1.21. The zero-order valence-electron chi connectivity index (χ0n) is 20.9. The number of terminal acetylenes is 1. The lowest BCUT2D eigenvalue weighted by atomic mass is 10.1. The van der Waals surface area contributed by atoms with Crippen LogP contribution >= 0.6 is 0 Å². The maximum atomic E-state index is 12.4. The fourth-order valence-corrected chi connectivity index (χ4v) is 4.56. The van der Waals surface area contributed by atoms with Crippen molar-refractivity contribution in [2.24, 2.45) is 0 Å². The van der Waals surface area contributed by atoms with Crippen molar-refractivity contribution in [3.05, 3.63) is 60.1 Å².